The number of ketones is 1. The van der Waals surface area contributed by atoms with Crippen molar-refractivity contribution < 1.29 is 32.2 Å². The maximum Gasteiger partial charge on any atom is 0.422 e. The number of carbonyl (C=O) groups is 1. The number of hydrogen-bond acceptors (Lipinski definition) is 6. The molecule has 0 aliphatic rings. The van der Waals surface area contributed by atoms with Gasteiger partial charge in [-0.05, 0) is 31.0 Å². The fraction of sp³-hybridized carbons (Fsp3) is 0.348. The summed E-state index contributed by atoms with van der Waals surface area (Å²) in [5.41, 5.74) is 3.00. The van der Waals surface area contributed by atoms with E-state index in [-0.39, 0.29) is 36.9 Å². The molecule has 1 N–H and O–H groups in total. The molecule has 0 unspecified atom stereocenters. The molecule has 0 amide bonds. The number of oxazole rings is 1. The van der Waals surface area contributed by atoms with Crippen LogP contribution in [0.15, 0.2) is 53.4 Å². The van der Waals surface area contributed by atoms with Gasteiger partial charge in [-0.1, -0.05) is 24.3 Å². The second-order valence-electron chi connectivity index (χ2n) is 7.42. The van der Waals surface area contributed by atoms with Crippen molar-refractivity contribution >= 4 is 5.78 Å². The van der Waals surface area contributed by atoms with E-state index < -0.39 is 12.8 Å². The molecule has 0 fully saturated rings. The SMILES string of the molecule is Cc1ncoc1-c1ccc(CC(=O)C[C@H](CCO)c2ccc(OCC(F)(F)F)cn2)cc1. The van der Waals surface area contributed by atoms with E-state index in [9.17, 15) is 23.1 Å². The quantitative estimate of drug-likeness (QED) is 0.486. The molecular formula is C23H23F3N2O4. The van der Waals surface area contributed by atoms with Crippen LogP contribution >= 0.6 is 0 Å². The Morgan fingerprint density at radius 1 is 1.16 bits per heavy atom. The van der Waals surface area contributed by atoms with Gasteiger partial charge in [0.15, 0.2) is 18.8 Å². The van der Waals surface area contributed by atoms with Gasteiger partial charge in [-0.15, -0.1) is 0 Å². The predicted molar refractivity (Wildman–Crippen MR) is 110 cm³/mol. The molecule has 0 bridgehead atoms. The summed E-state index contributed by atoms with van der Waals surface area (Å²) in [4.78, 5) is 20.8. The Balaban J connectivity index is 1.60. The minimum absolute atomic E-state index is 0.0118. The number of carbonyl (C=O) groups excluding carboxylic acids is 1. The average Bonchev–Trinajstić information content (AvgIpc) is 3.18. The molecule has 0 aliphatic heterocycles. The van der Waals surface area contributed by atoms with Crippen LogP contribution in [-0.2, 0) is 11.2 Å². The van der Waals surface area contributed by atoms with E-state index in [1.165, 1.54) is 24.7 Å². The number of aryl methyl sites for hydroxylation is 1. The van der Waals surface area contributed by atoms with Gasteiger partial charge in [0.2, 0.25) is 0 Å². The van der Waals surface area contributed by atoms with Crippen molar-refractivity contribution in [2.45, 2.75) is 38.3 Å². The molecule has 1 aromatic carbocycles. The lowest BCUT2D eigenvalue weighted by Gasteiger charge is -2.15. The topological polar surface area (TPSA) is 85.5 Å². The number of hydrogen-bond donors (Lipinski definition) is 1. The van der Waals surface area contributed by atoms with Crippen molar-refractivity contribution in [1.29, 1.82) is 0 Å². The van der Waals surface area contributed by atoms with Crippen LogP contribution in [0.3, 0.4) is 0 Å². The number of pyridine rings is 1. The number of alkyl halides is 3. The summed E-state index contributed by atoms with van der Waals surface area (Å²) < 4.78 is 46.8. The molecular weight excluding hydrogens is 425 g/mol. The van der Waals surface area contributed by atoms with Crippen molar-refractivity contribution in [3.8, 4) is 17.1 Å². The third kappa shape index (κ3) is 6.65. The molecule has 0 aliphatic carbocycles. The lowest BCUT2D eigenvalue weighted by Crippen LogP contribution is -2.19. The van der Waals surface area contributed by atoms with Crippen LogP contribution in [0.5, 0.6) is 5.75 Å². The van der Waals surface area contributed by atoms with Crippen molar-refractivity contribution in [2.75, 3.05) is 13.2 Å². The van der Waals surface area contributed by atoms with E-state index >= 15 is 0 Å². The van der Waals surface area contributed by atoms with Gasteiger partial charge < -0.3 is 14.3 Å². The molecule has 9 heteroatoms. The molecule has 2 aromatic heterocycles. The average molecular weight is 448 g/mol. The van der Waals surface area contributed by atoms with Crippen molar-refractivity contribution in [3.05, 3.63) is 65.9 Å². The van der Waals surface area contributed by atoms with E-state index in [1.807, 2.05) is 31.2 Å². The summed E-state index contributed by atoms with van der Waals surface area (Å²) in [6.07, 6.45) is -1.18. The highest BCUT2D eigenvalue weighted by molar-refractivity contribution is 5.81. The van der Waals surface area contributed by atoms with Gasteiger partial charge in [0.25, 0.3) is 0 Å². The third-order valence-corrected chi connectivity index (χ3v) is 4.89. The number of rotatable bonds is 10. The van der Waals surface area contributed by atoms with E-state index in [1.54, 1.807) is 0 Å². The van der Waals surface area contributed by atoms with Crippen LogP contribution in [-0.4, -0.2) is 40.2 Å². The predicted octanol–water partition coefficient (Wildman–Crippen LogP) is 4.65. The van der Waals surface area contributed by atoms with E-state index in [0.29, 0.717) is 17.9 Å². The lowest BCUT2D eigenvalue weighted by atomic mass is 9.92. The molecule has 2 heterocycles. The molecule has 0 radical (unpaired) electrons. The molecule has 0 saturated heterocycles. The summed E-state index contributed by atoms with van der Waals surface area (Å²) in [6, 6.07) is 10.3. The largest absolute Gasteiger partial charge is 0.483 e. The van der Waals surface area contributed by atoms with E-state index in [4.69, 9.17) is 4.42 Å². The normalized spacial score (nSPS) is 12.5. The van der Waals surface area contributed by atoms with Gasteiger partial charge in [-0.2, -0.15) is 13.2 Å². The van der Waals surface area contributed by atoms with Crippen molar-refractivity contribution in [2.24, 2.45) is 0 Å². The highest BCUT2D eigenvalue weighted by atomic mass is 19.4. The smallest absolute Gasteiger partial charge is 0.422 e. The molecule has 0 spiro atoms. The summed E-state index contributed by atoms with van der Waals surface area (Å²) in [5.74, 6) is 0.286. The van der Waals surface area contributed by atoms with Gasteiger partial charge in [0.05, 0.1) is 11.9 Å². The number of ether oxygens (including phenoxy) is 1. The second kappa shape index (κ2) is 10.4. The first-order valence-corrected chi connectivity index (χ1v) is 10.0. The van der Waals surface area contributed by atoms with E-state index in [0.717, 1.165) is 16.8 Å². The van der Waals surface area contributed by atoms with Crippen LogP contribution in [0.1, 0.15) is 35.7 Å². The first kappa shape index (κ1) is 23.5. The Morgan fingerprint density at radius 2 is 1.91 bits per heavy atom. The third-order valence-electron chi connectivity index (χ3n) is 4.89. The monoisotopic (exact) mass is 448 g/mol. The number of aliphatic hydroxyl groups is 1. The Hall–Kier alpha value is -3.20. The van der Waals surface area contributed by atoms with Gasteiger partial charge in [-0.25, -0.2) is 4.98 Å². The molecule has 0 saturated carbocycles. The lowest BCUT2D eigenvalue weighted by molar-refractivity contribution is -0.153. The van der Waals surface area contributed by atoms with Gasteiger partial charge in [0, 0.05) is 36.6 Å². The number of nitrogens with zero attached hydrogens (tertiary/aromatic N) is 2. The molecule has 3 rings (SSSR count). The summed E-state index contributed by atoms with van der Waals surface area (Å²) >= 11 is 0. The van der Waals surface area contributed by atoms with Crippen LogP contribution in [0, 0.1) is 6.92 Å². The standard InChI is InChI=1S/C23H23F3N2O4/c1-15-22(32-14-28-15)17-4-2-16(3-5-17)10-19(30)11-18(8-9-29)21-7-6-20(12-27-21)31-13-23(24,25)26/h2-7,12,14,18,29H,8-11,13H2,1H3/t18-/m0/s1. The van der Waals surface area contributed by atoms with E-state index in [2.05, 4.69) is 14.7 Å². The van der Waals surface area contributed by atoms with Gasteiger partial charge in [-0.3, -0.25) is 9.78 Å². The second-order valence-corrected chi connectivity index (χ2v) is 7.42. The number of benzene rings is 1. The minimum atomic E-state index is -4.43. The zero-order chi connectivity index (χ0) is 23.1. The van der Waals surface area contributed by atoms with Crippen molar-refractivity contribution in [1.82, 2.24) is 9.97 Å². The minimum Gasteiger partial charge on any atom is -0.483 e. The maximum absolute atomic E-state index is 12.6. The van der Waals surface area contributed by atoms with Crippen LogP contribution in [0.25, 0.3) is 11.3 Å². The Labute approximate surface area is 183 Å². The Morgan fingerprint density at radius 3 is 2.47 bits per heavy atom. The Kier molecular flexibility index (Phi) is 7.63. The molecule has 1 atom stereocenters. The fourth-order valence-electron chi connectivity index (χ4n) is 3.32. The first-order valence-electron chi connectivity index (χ1n) is 10.0. The highest BCUT2D eigenvalue weighted by Gasteiger charge is 2.28. The molecule has 32 heavy (non-hydrogen) atoms. The van der Waals surface area contributed by atoms with Crippen LogP contribution < -0.4 is 4.74 Å². The summed E-state index contributed by atoms with van der Waals surface area (Å²) in [5, 5.41) is 9.37. The summed E-state index contributed by atoms with van der Waals surface area (Å²) in [6.45, 7) is 0.305. The van der Waals surface area contributed by atoms with Crippen LogP contribution in [0.2, 0.25) is 0 Å². The highest BCUT2D eigenvalue weighted by Crippen LogP contribution is 2.26. The number of Topliss-reactive ketones (excluding diaryl/α,β-unsaturated/α-hetero) is 1. The fourth-order valence-corrected chi connectivity index (χ4v) is 3.32. The summed E-state index contributed by atoms with van der Waals surface area (Å²) in [7, 11) is 0. The zero-order valence-corrected chi connectivity index (χ0v) is 17.4. The number of aromatic nitrogens is 2. The van der Waals surface area contributed by atoms with Crippen LogP contribution in [0.4, 0.5) is 13.2 Å². The molecule has 170 valence electrons. The van der Waals surface area contributed by atoms with Gasteiger partial charge in [0.1, 0.15) is 11.5 Å². The molecule has 3 aromatic rings. The first-order chi connectivity index (χ1) is 15.2. The van der Waals surface area contributed by atoms with Crippen molar-refractivity contribution in [3.63, 3.8) is 0 Å². The number of halogens is 3. The zero-order valence-electron chi connectivity index (χ0n) is 17.4. The number of aliphatic hydroxyl groups excluding tert-OH is 1. The van der Waals surface area contributed by atoms with Gasteiger partial charge >= 0.3 is 6.18 Å². The molecule has 6 nitrogen and oxygen atoms in total. The maximum atomic E-state index is 12.6. The Bertz CT molecular complexity index is 1010.